The zero-order valence-electron chi connectivity index (χ0n) is 16.4. The molecule has 1 atom stereocenters. The summed E-state index contributed by atoms with van der Waals surface area (Å²) in [5.41, 5.74) is 1.25. The highest BCUT2D eigenvalue weighted by Gasteiger charge is 2.30. The van der Waals surface area contributed by atoms with Gasteiger partial charge in [-0.15, -0.1) is 0 Å². The number of nitrogens with zero attached hydrogens (tertiary/aromatic N) is 2. The maximum Gasteiger partial charge on any atom is 0.317 e. The first-order chi connectivity index (χ1) is 13.9. The molecule has 2 aromatic carbocycles. The molecule has 2 amide bonds. The molecule has 8 heteroatoms. The van der Waals surface area contributed by atoms with Crippen LogP contribution in [0.3, 0.4) is 0 Å². The van der Waals surface area contributed by atoms with E-state index in [-0.39, 0.29) is 17.0 Å². The fourth-order valence-corrected chi connectivity index (χ4v) is 4.98. The molecule has 156 valence electrons. The van der Waals surface area contributed by atoms with Crippen LogP contribution in [0.15, 0.2) is 64.0 Å². The molecule has 2 aromatic rings. The molecule has 0 radical (unpaired) electrons. The number of sulfonamides is 1. The van der Waals surface area contributed by atoms with Gasteiger partial charge in [0.15, 0.2) is 0 Å². The van der Waals surface area contributed by atoms with Gasteiger partial charge in [0.05, 0.1) is 4.90 Å². The Kier molecular flexibility index (Phi) is 7.32. The van der Waals surface area contributed by atoms with Crippen molar-refractivity contribution in [3.63, 3.8) is 0 Å². The standard InChI is InChI=1S/C21H26BrN3O3S/c1-17(7-8-18-5-3-2-4-6-18)23-21(26)24-13-15-25(16-14-24)29(27,28)20-11-9-19(22)10-12-20/h2-6,9-12,17H,7-8,13-16H2,1H3,(H,23,26)/t17-/m0/s1. The first-order valence-corrected chi connectivity index (χ1v) is 11.9. The van der Waals surface area contributed by atoms with Gasteiger partial charge in [-0.05, 0) is 49.6 Å². The Morgan fingerprint density at radius 2 is 1.66 bits per heavy atom. The van der Waals surface area contributed by atoms with E-state index in [1.807, 2.05) is 25.1 Å². The third-order valence-corrected chi connectivity index (χ3v) is 7.50. The zero-order chi connectivity index (χ0) is 20.9. The number of nitrogens with one attached hydrogen (secondary N) is 1. The summed E-state index contributed by atoms with van der Waals surface area (Å²) in [5.74, 6) is 0. The predicted octanol–water partition coefficient (Wildman–Crippen LogP) is 3.49. The van der Waals surface area contributed by atoms with Crippen molar-refractivity contribution < 1.29 is 13.2 Å². The molecule has 29 heavy (non-hydrogen) atoms. The van der Waals surface area contributed by atoms with Gasteiger partial charge >= 0.3 is 6.03 Å². The third kappa shape index (κ3) is 5.81. The minimum atomic E-state index is -3.54. The second kappa shape index (κ2) is 9.73. The summed E-state index contributed by atoms with van der Waals surface area (Å²) in [6, 6.07) is 16.7. The summed E-state index contributed by atoms with van der Waals surface area (Å²) >= 11 is 3.32. The fourth-order valence-electron chi connectivity index (χ4n) is 3.29. The Morgan fingerprint density at radius 3 is 2.28 bits per heavy atom. The molecule has 1 aliphatic heterocycles. The lowest BCUT2D eigenvalue weighted by Gasteiger charge is -2.34. The van der Waals surface area contributed by atoms with Crippen molar-refractivity contribution in [3.8, 4) is 0 Å². The lowest BCUT2D eigenvalue weighted by Crippen LogP contribution is -2.54. The van der Waals surface area contributed by atoms with Crippen LogP contribution < -0.4 is 5.32 Å². The molecule has 1 saturated heterocycles. The van der Waals surface area contributed by atoms with Crippen LogP contribution in [0.1, 0.15) is 18.9 Å². The van der Waals surface area contributed by atoms with E-state index in [1.165, 1.54) is 9.87 Å². The molecule has 0 aliphatic carbocycles. The molecular weight excluding hydrogens is 454 g/mol. The van der Waals surface area contributed by atoms with E-state index < -0.39 is 10.0 Å². The number of urea groups is 1. The normalized spacial score (nSPS) is 16.4. The number of hydrogen-bond donors (Lipinski definition) is 1. The first kappa shape index (κ1) is 21.8. The van der Waals surface area contributed by atoms with Crippen molar-refractivity contribution in [1.82, 2.24) is 14.5 Å². The van der Waals surface area contributed by atoms with Gasteiger partial charge in [0.25, 0.3) is 0 Å². The lowest BCUT2D eigenvalue weighted by molar-refractivity contribution is 0.169. The number of hydrogen-bond acceptors (Lipinski definition) is 3. The number of benzene rings is 2. The molecule has 1 aliphatic rings. The molecule has 1 fully saturated rings. The molecule has 1 N–H and O–H groups in total. The number of rotatable bonds is 6. The molecule has 1 heterocycles. The van der Waals surface area contributed by atoms with Crippen LogP contribution in [0, 0.1) is 0 Å². The molecule has 0 unspecified atom stereocenters. The Labute approximate surface area is 181 Å². The van der Waals surface area contributed by atoms with Crippen LogP contribution in [-0.4, -0.2) is 55.9 Å². The van der Waals surface area contributed by atoms with Gasteiger partial charge in [-0.3, -0.25) is 0 Å². The van der Waals surface area contributed by atoms with E-state index in [2.05, 4.69) is 33.4 Å². The van der Waals surface area contributed by atoms with Crippen molar-refractivity contribution in [1.29, 1.82) is 0 Å². The topological polar surface area (TPSA) is 69.7 Å². The van der Waals surface area contributed by atoms with Crippen LogP contribution in [-0.2, 0) is 16.4 Å². The van der Waals surface area contributed by atoms with E-state index in [9.17, 15) is 13.2 Å². The first-order valence-electron chi connectivity index (χ1n) is 9.71. The van der Waals surface area contributed by atoms with Crippen LogP contribution in [0.5, 0.6) is 0 Å². The maximum atomic E-state index is 12.8. The summed E-state index contributed by atoms with van der Waals surface area (Å²) in [4.78, 5) is 14.5. The highest BCUT2D eigenvalue weighted by atomic mass is 79.9. The average molecular weight is 480 g/mol. The van der Waals surface area contributed by atoms with Crippen LogP contribution in [0.25, 0.3) is 0 Å². The maximum absolute atomic E-state index is 12.8. The average Bonchev–Trinajstić information content (AvgIpc) is 2.73. The molecule has 0 saturated carbocycles. The SMILES string of the molecule is C[C@@H](CCc1ccccc1)NC(=O)N1CCN(S(=O)(=O)c2ccc(Br)cc2)CC1. The summed E-state index contributed by atoms with van der Waals surface area (Å²) in [6.07, 6.45) is 1.76. The molecule has 0 bridgehead atoms. The number of halogens is 1. The van der Waals surface area contributed by atoms with Crippen molar-refractivity contribution in [3.05, 3.63) is 64.6 Å². The van der Waals surface area contributed by atoms with Gasteiger partial charge in [-0.2, -0.15) is 4.31 Å². The van der Waals surface area contributed by atoms with E-state index in [4.69, 9.17) is 0 Å². The van der Waals surface area contributed by atoms with Gasteiger partial charge in [-0.1, -0.05) is 46.3 Å². The minimum absolute atomic E-state index is 0.0484. The Hall–Kier alpha value is -1.90. The van der Waals surface area contributed by atoms with Gasteiger partial charge in [0, 0.05) is 36.7 Å². The van der Waals surface area contributed by atoms with Crippen molar-refractivity contribution in [2.75, 3.05) is 26.2 Å². The fraction of sp³-hybridized carbons (Fsp3) is 0.381. The highest BCUT2D eigenvalue weighted by Crippen LogP contribution is 2.20. The number of carbonyl (C=O) groups excluding carboxylic acids is 1. The summed E-state index contributed by atoms with van der Waals surface area (Å²) in [7, 11) is -3.54. The summed E-state index contributed by atoms with van der Waals surface area (Å²) in [5, 5.41) is 3.03. The second-order valence-corrected chi connectivity index (χ2v) is 10.1. The van der Waals surface area contributed by atoms with Gasteiger partial charge < -0.3 is 10.2 Å². The zero-order valence-corrected chi connectivity index (χ0v) is 18.8. The van der Waals surface area contributed by atoms with Crippen LogP contribution >= 0.6 is 15.9 Å². The number of piperazine rings is 1. The third-order valence-electron chi connectivity index (χ3n) is 5.06. The summed E-state index contributed by atoms with van der Waals surface area (Å²) in [6.45, 7) is 3.35. The molecule has 6 nitrogen and oxygen atoms in total. The minimum Gasteiger partial charge on any atom is -0.336 e. The Balaban J connectivity index is 1.48. The van der Waals surface area contributed by atoms with Crippen LogP contribution in [0.2, 0.25) is 0 Å². The highest BCUT2D eigenvalue weighted by molar-refractivity contribution is 9.10. The smallest absolute Gasteiger partial charge is 0.317 e. The van der Waals surface area contributed by atoms with E-state index >= 15 is 0 Å². The predicted molar refractivity (Wildman–Crippen MR) is 117 cm³/mol. The van der Waals surface area contributed by atoms with Crippen LogP contribution in [0.4, 0.5) is 4.79 Å². The van der Waals surface area contributed by atoms with Gasteiger partial charge in [0.2, 0.25) is 10.0 Å². The summed E-state index contributed by atoms with van der Waals surface area (Å²) < 4.78 is 27.8. The Bertz CT molecular complexity index is 912. The molecule has 0 aromatic heterocycles. The number of carbonyl (C=O) groups is 1. The largest absolute Gasteiger partial charge is 0.336 e. The lowest BCUT2D eigenvalue weighted by atomic mass is 10.1. The Morgan fingerprint density at radius 1 is 1.03 bits per heavy atom. The number of aryl methyl sites for hydroxylation is 1. The monoisotopic (exact) mass is 479 g/mol. The molecular formula is C21H26BrN3O3S. The van der Waals surface area contributed by atoms with Crippen molar-refractivity contribution in [2.45, 2.75) is 30.7 Å². The molecule has 0 spiro atoms. The van der Waals surface area contributed by atoms with Gasteiger partial charge in [0.1, 0.15) is 0 Å². The van der Waals surface area contributed by atoms with Crippen molar-refractivity contribution >= 4 is 32.0 Å². The second-order valence-electron chi connectivity index (χ2n) is 7.22. The number of amides is 2. The van der Waals surface area contributed by atoms with Gasteiger partial charge in [-0.25, -0.2) is 13.2 Å². The van der Waals surface area contributed by atoms with E-state index in [1.54, 1.807) is 29.2 Å². The quantitative estimate of drug-likeness (QED) is 0.689. The van der Waals surface area contributed by atoms with Crippen molar-refractivity contribution in [2.24, 2.45) is 0 Å². The molecule has 3 rings (SSSR count). The van der Waals surface area contributed by atoms with E-state index in [0.29, 0.717) is 26.2 Å². The van der Waals surface area contributed by atoms with E-state index in [0.717, 1.165) is 17.3 Å².